The van der Waals surface area contributed by atoms with Crippen molar-refractivity contribution >= 4 is 11.7 Å². The topological polar surface area (TPSA) is 62.0 Å². The second-order valence-corrected chi connectivity index (χ2v) is 5.18. The molecule has 0 aliphatic rings. The number of nitrogens with one attached hydrogen (secondary N) is 2. The van der Waals surface area contributed by atoms with Gasteiger partial charge in [0.05, 0.1) is 11.6 Å². The minimum atomic E-state index is -4.43. The van der Waals surface area contributed by atoms with Gasteiger partial charge in [-0.15, -0.1) is 0 Å². The molecule has 0 radical (unpaired) electrons. The molecule has 7 heteroatoms. The van der Waals surface area contributed by atoms with Crippen molar-refractivity contribution in [3.63, 3.8) is 0 Å². The highest BCUT2D eigenvalue weighted by molar-refractivity contribution is 5.99. The molecule has 0 aliphatic carbocycles. The van der Waals surface area contributed by atoms with Gasteiger partial charge >= 0.3 is 6.18 Å². The van der Waals surface area contributed by atoms with Crippen molar-refractivity contribution in [3.05, 3.63) is 58.9 Å². The number of hydrogen-bond donors (Lipinski definition) is 2. The fraction of sp³-hybridized carbons (Fsp3) is 0.250. The number of ketones is 1. The lowest BCUT2D eigenvalue weighted by molar-refractivity contribution is -0.137. The van der Waals surface area contributed by atoms with Crippen LogP contribution in [0, 0.1) is 0 Å². The molecule has 1 heterocycles. The van der Waals surface area contributed by atoms with E-state index in [1.165, 1.54) is 31.3 Å². The van der Waals surface area contributed by atoms with Crippen molar-refractivity contribution < 1.29 is 22.8 Å². The van der Waals surface area contributed by atoms with Crippen molar-refractivity contribution in [2.24, 2.45) is 0 Å². The third-order valence-electron chi connectivity index (χ3n) is 3.40. The zero-order chi connectivity index (χ0) is 17.2. The van der Waals surface area contributed by atoms with Gasteiger partial charge < -0.3 is 10.3 Å². The van der Waals surface area contributed by atoms with E-state index in [1.807, 2.05) is 0 Å². The van der Waals surface area contributed by atoms with Gasteiger partial charge in [0.1, 0.15) is 5.69 Å². The minimum absolute atomic E-state index is 0.175. The molecule has 122 valence electrons. The first-order valence-electron chi connectivity index (χ1n) is 6.86. The molecule has 1 aromatic carbocycles. The van der Waals surface area contributed by atoms with E-state index in [9.17, 15) is 22.8 Å². The van der Waals surface area contributed by atoms with Crippen molar-refractivity contribution in [1.82, 2.24) is 10.3 Å². The largest absolute Gasteiger partial charge is 0.416 e. The Bertz CT molecular complexity index is 735. The summed E-state index contributed by atoms with van der Waals surface area (Å²) in [6.07, 6.45) is -3.03. The quantitative estimate of drug-likeness (QED) is 0.842. The molecule has 1 amide bonds. The number of aromatic nitrogens is 1. The molecular formula is C16H15F3N2O2. The smallest absolute Gasteiger partial charge is 0.356 e. The first-order valence-corrected chi connectivity index (χ1v) is 6.86. The van der Waals surface area contributed by atoms with Gasteiger partial charge in [-0.05, 0) is 37.6 Å². The molecule has 0 aliphatic heterocycles. The summed E-state index contributed by atoms with van der Waals surface area (Å²) in [5.74, 6) is -0.686. The second-order valence-electron chi connectivity index (χ2n) is 5.18. The summed E-state index contributed by atoms with van der Waals surface area (Å²) < 4.78 is 38.1. The van der Waals surface area contributed by atoms with E-state index < -0.39 is 23.7 Å². The molecule has 2 aromatic rings. The van der Waals surface area contributed by atoms with Gasteiger partial charge in [-0.2, -0.15) is 13.2 Å². The Morgan fingerprint density at radius 1 is 1.22 bits per heavy atom. The first kappa shape index (κ1) is 16.8. The van der Waals surface area contributed by atoms with Gasteiger partial charge in [-0.1, -0.05) is 12.1 Å². The highest BCUT2D eigenvalue weighted by Crippen LogP contribution is 2.30. The third kappa shape index (κ3) is 4.00. The van der Waals surface area contributed by atoms with E-state index in [2.05, 4.69) is 10.3 Å². The van der Waals surface area contributed by atoms with Crippen LogP contribution in [0.4, 0.5) is 13.2 Å². The van der Waals surface area contributed by atoms with Gasteiger partial charge in [-0.3, -0.25) is 9.59 Å². The number of halogens is 3. The minimum Gasteiger partial charge on any atom is -0.356 e. The summed E-state index contributed by atoms with van der Waals surface area (Å²) in [4.78, 5) is 25.9. The van der Waals surface area contributed by atoms with Crippen LogP contribution in [0.2, 0.25) is 0 Å². The Balaban J connectivity index is 2.13. The number of hydrogen-bond acceptors (Lipinski definition) is 2. The van der Waals surface area contributed by atoms with Crippen LogP contribution in [0.3, 0.4) is 0 Å². The standard InChI is InChI=1S/C16H15F3N2O2/c1-9(11-4-3-5-13(6-11)16(17,18)19)21-15(23)14-7-12(8-20-14)10(2)22/h3-9,20H,1-2H3,(H,21,23). The fourth-order valence-corrected chi connectivity index (χ4v) is 2.07. The second kappa shape index (κ2) is 6.28. The Hall–Kier alpha value is -2.57. The monoisotopic (exact) mass is 324 g/mol. The lowest BCUT2D eigenvalue weighted by Gasteiger charge is -2.15. The molecule has 1 aromatic heterocycles. The summed E-state index contributed by atoms with van der Waals surface area (Å²) in [7, 11) is 0. The summed E-state index contributed by atoms with van der Waals surface area (Å²) in [6, 6.07) is 5.56. The van der Waals surface area contributed by atoms with Gasteiger partial charge in [0.25, 0.3) is 5.91 Å². The summed E-state index contributed by atoms with van der Waals surface area (Å²) >= 11 is 0. The highest BCUT2D eigenvalue weighted by Gasteiger charge is 2.30. The normalized spacial score (nSPS) is 12.7. The van der Waals surface area contributed by atoms with Crippen molar-refractivity contribution in [2.45, 2.75) is 26.1 Å². The van der Waals surface area contributed by atoms with Crippen molar-refractivity contribution in [1.29, 1.82) is 0 Å². The Morgan fingerprint density at radius 3 is 2.48 bits per heavy atom. The zero-order valence-corrected chi connectivity index (χ0v) is 12.5. The number of benzene rings is 1. The predicted octanol–water partition coefficient (Wildman–Crippen LogP) is 3.73. The van der Waals surface area contributed by atoms with E-state index in [0.717, 1.165) is 12.1 Å². The van der Waals surface area contributed by atoms with Crippen molar-refractivity contribution in [3.8, 4) is 0 Å². The number of rotatable bonds is 4. The maximum Gasteiger partial charge on any atom is 0.416 e. The maximum absolute atomic E-state index is 12.7. The molecule has 4 nitrogen and oxygen atoms in total. The van der Waals surface area contributed by atoms with E-state index in [-0.39, 0.29) is 11.5 Å². The van der Waals surface area contributed by atoms with Crippen LogP contribution in [0.25, 0.3) is 0 Å². The SMILES string of the molecule is CC(=O)c1c[nH]c(C(=O)NC(C)c2cccc(C(F)(F)F)c2)c1. The Labute approximate surface area is 130 Å². The lowest BCUT2D eigenvalue weighted by atomic mass is 10.0. The first-order chi connectivity index (χ1) is 10.7. The average Bonchev–Trinajstić information content (AvgIpc) is 2.96. The van der Waals surface area contributed by atoms with E-state index >= 15 is 0 Å². The van der Waals surface area contributed by atoms with Gasteiger partial charge in [0.2, 0.25) is 0 Å². The Kier molecular flexibility index (Phi) is 4.58. The van der Waals surface area contributed by atoms with Gasteiger partial charge in [-0.25, -0.2) is 0 Å². The number of carbonyl (C=O) groups excluding carboxylic acids is 2. The highest BCUT2D eigenvalue weighted by atomic mass is 19.4. The van der Waals surface area contributed by atoms with Crippen LogP contribution < -0.4 is 5.32 Å². The maximum atomic E-state index is 12.7. The van der Waals surface area contributed by atoms with Crippen LogP contribution in [0.15, 0.2) is 36.5 Å². The number of alkyl halides is 3. The zero-order valence-electron chi connectivity index (χ0n) is 12.5. The molecule has 0 spiro atoms. The number of H-pyrrole nitrogens is 1. The fourth-order valence-electron chi connectivity index (χ4n) is 2.07. The molecule has 0 saturated heterocycles. The molecule has 1 atom stereocenters. The van der Waals surface area contributed by atoms with E-state index in [0.29, 0.717) is 11.1 Å². The molecule has 2 rings (SSSR count). The van der Waals surface area contributed by atoms with Crippen LogP contribution in [-0.4, -0.2) is 16.7 Å². The molecule has 0 saturated carbocycles. The van der Waals surface area contributed by atoms with Crippen LogP contribution in [-0.2, 0) is 6.18 Å². The molecule has 2 N–H and O–H groups in total. The van der Waals surface area contributed by atoms with Gasteiger partial charge in [0, 0.05) is 11.8 Å². The average molecular weight is 324 g/mol. The molecule has 0 bridgehead atoms. The molecule has 23 heavy (non-hydrogen) atoms. The summed E-state index contributed by atoms with van der Waals surface area (Å²) in [6.45, 7) is 2.96. The number of aromatic amines is 1. The number of Topliss-reactive ketones (excluding diaryl/α,β-unsaturated/α-hetero) is 1. The molecule has 1 unspecified atom stereocenters. The van der Waals surface area contributed by atoms with E-state index in [4.69, 9.17) is 0 Å². The molecule has 0 fully saturated rings. The number of amides is 1. The van der Waals surface area contributed by atoms with Crippen LogP contribution >= 0.6 is 0 Å². The number of carbonyl (C=O) groups is 2. The lowest BCUT2D eigenvalue weighted by Crippen LogP contribution is -2.27. The van der Waals surface area contributed by atoms with Crippen LogP contribution in [0.5, 0.6) is 0 Å². The van der Waals surface area contributed by atoms with Crippen LogP contribution in [0.1, 0.15) is 51.9 Å². The van der Waals surface area contributed by atoms with E-state index in [1.54, 1.807) is 6.92 Å². The molecular weight excluding hydrogens is 309 g/mol. The Morgan fingerprint density at radius 2 is 1.91 bits per heavy atom. The van der Waals surface area contributed by atoms with Gasteiger partial charge in [0.15, 0.2) is 5.78 Å². The summed E-state index contributed by atoms with van der Waals surface area (Å²) in [5, 5.41) is 2.59. The predicted molar refractivity (Wildman–Crippen MR) is 78.1 cm³/mol. The van der Waals surface area contributed by atoms with Crippen molar-refractivity contribution in [2.75, 3.05) is 0 Å². The third-order valence-corrected chi connectivity index (χ3v) is 3.40. The summed E-state index contributed by atoms with van der Waals surface area (Å²) in [5.41, 5.74) is 0.109.